The van der Waals surface area contributed by atoms with Gasteiger partial charge in [0.25, 0.3) is 0 Å². The summed E-state index contributed by atoms with van der Waals surface area (Å²) in [6.45, 7) is 2.77. The molecule has 0 aliphatic heterocycles. The molecular weight excluding hydrogens is 308 g/mol. The zero-order valence-electron chi connectivity index (χ0n) is 14.1. The van der Waals surface area contributed by atoms with Gasteiger partial charge in [-0.05, 0) is 30.7 Å². The minimum atomic E-state index is -0.310. The number of rotatable bonds is 7. The molecule has 6 heteroatoms. The maximum Gasteiger partial charge on any atom is 0.319 e. The van der Waals surface area contributed by atoms with Crippen LogP contribution in [0.5, 0.6) is 17.2 Å². The largest absolute Gasteiger partial charge is 0.493 e. The summed E-state index contributed by atoms with van der Waals surface area (Å²) in [6, 6.07) is 12.6. The molecule has 0 atom stereocenters. The number of methoxy groups -OCH3 is 2. The molecule has 2 amide bonds. The molecule has 2 rings (SSSR count). The van der Waals surface area contributed by atoms with Crippen molar-refractivity contribution in [3.8, 4) is 17.2 Å². The molecule has 2 N–H and O–H groups in total. The summed E-state index contributed by atoms with van der Waals surface area (Å²) in [6.07, 6.45) is 0. The van der Waals surface area contributed by atoms with E-state index in [9.17, 15) is 4.79 Å². The number of nitrogens with one attached hydrogen (secondary N) is 2. The van der Waals surface area contributed by atoms with Crippen molar-refractivity contribution in [2.24, 2.45) is 0 Å². The number of carbonyl (C=O) groups is 1. The molecule has 0 radical (unpaired) electrons. The summed E-state index contributed by atoms with van der Waals surface area (Å²) in [4.78, 5) is 11.9. The molecule has 2 aromatic rings. The van der Waals surface area contributed by atoms with Crippen LogP contribution in [0.1, 0.15) is 5.56 Å². The quantitative estimate of drug-likeness (QED) is 0.765. The Hall–Kier alpha value is -2.89. The van der Waals surface area contributed by atoms with Gasteiger partial charge in [0.15, 0.2) is 11.5 Å². The van der Waals surface area contributed by atoms with E-state index in [4.69, 9.17) is 14.2 Å². The van der Waals surface area contributed by atoms with Gasteiger partial charge in [-0.15, -0.1) is 0 Å². The molecule has 6 nitrogen and oxygen atoms in total. The molecule has 128 valence electrons. The molecule has 0 bridgehead atoms. The van der Waals surface area contributed by atoms with Crippen molar-refractivity contribution >= 4 is 11.7 Å². The first-order valence-corrected chi connectivity index (χ1v) is 7.59. The van der Waals surface area contributed by atoms with Crippen molar-refractivity contribution in [2.45, 2.75) is 6.92 Å². The van der Waals surface area contributed by atoms with Crippen LogP contribution in [-0.4, -0.2) is 33.4 Å². The van der Waals surface area contributed by atoms with Gasteiger partial charge >= 0.3 is 6.03 Å². The molecule has 0 saturated carbocycles. The van der Waals surface area contributed by atoms with Gasteiger partial charge in [-0.3, -0.25) is 0 Å². The maximum atomic E-state index is 11.9. The van der Waals surface area contributed by atoms with Crippen molar-refractivity contribution in [3.63, 3.8) is 0 Å². The standard InChI is InChI=1S/C18H22N2O4/c1-13-6-4-5-7-15(13)24-11-10-19-18(21)20-14-8-9-16(22-2)17(12-14)23-3/h4-9,12H,10-11H2,1-3H3,(H2,19,20,21). The molecule has 24 heavy (non-hydrogen) atoms. The molecular formula is C18H22N2O4. The molecule has 0 aliphatic rings. The highest BCUT2D eigenvalue weighted by Crippen LogP contribution is 2.29. The smallest absolute Gasteiger partial charge is 0.319 e. The lowest BCUT2D eigenvalue weighted by Gasteiger charge is -2.12. The van der Waals surface area contributed by atoms with Gasteiger partial charge in [0.2, 0.25) is 0 Å². The SMILES string of the molecule is COc1ccc(NC(=O)NCCOc2ccccc2C)cc1OC. The number of hydrogen-bond acceptors (Lipinski definition) is 4. The molecule has 0 heterocycles. The molecule has 0 aromatic heterocycles. The Balaban J connectivity index is 1.78. The highest BCUT2D eigenvalue weighted by Gasteiger charge is 2.07. The van der Waals surface area contributed by atoms with Crippen LogP contribution in [0, 0.1) is 6.92 Å². The fraction of sp³-hybridized carbons (Fsp3) is 0.278. The lowest BCUT2D eigenvalue weighted by atomic mass is 10.2. The highest BCUT2D eigenvalue weighted by molar-refractivity contribution is 5.89. The number of hydrogen-bond donors (Lipinski definition) is 2. The Kier molecular flexibility index (Phi) is 6.31. The van der Waals surface area contributed by atoms with E-state index in [1.54, 1.807) is 32.4 Å². The number of urea groups is 1. The normalized spacial score (nSPS) is 9.96. The number of amides is 2. The van der Waals surface area contributed by atoms with Gasteiger partial charge in [-0.1, -0.05) is 18.2 Å². The third-order valence-electron chi connectivity index (χ3n) is 3.38. The van der Waals surface area contributed by atoms with Gasteiger partial charge < -0.3 is 24.8 Å². The number of anilines is 1. The van der Waals surface area contributed by atoms with Crippen molar-refractivity contribution < 1.29 is 19.0 Å². The number of carbonyl (C=O) groups excluding carboxylic acids is 1. The van der Waals surface area contributed by atoms with Crippen molar-refractivity contribution in [3.05, 3.63) is 48.0 Å². The first kappa shape index (κ1) is 17.5. The molecule has 2 aromatic carbocycles. The van der Waals surface area contributed by atoms with E-state index in [1.165, 1.54) is 0 Å². The minimum absolute atomic E-state index is 0.310. The second kappa shape index (κ2) is 8.67. The molecule has 0 aliphatic carbocycles. The Morgan fingerprint density at radius 2 is 1.75 bits per heavy atom. The topological polar surface area (TPSA) is 68.8 Å². The van der Waals surface area contributed by atoms with Crippen LogP contribution >= 0.6 is 0 Å². The second-order valence-corrected chi connectivity index (χ2v) is 5.06. The van der Waals surface area contributed by atoms with E-state index in [0.29, 0.717) is 30.3 Å². The van der Waals surface area contributed by atoms with Crippen molar-refractivity contribution in [2.75, 3.05) is 32.7 Å². The molecule has 0 unspecified atom stereocenters. The van der Waals surface area contributed by atoms with Crippen LogP contribution in [0.4, 0.5) is 10.5 Å². The van der Waals surface area contributed by atoms with Gasteiger partial charge in [0, 0.05) is 11.8 Å². The van der Waals surface area contributed by atoms with E-state index in [1.807, 2.05) is 31.2 Å². The summed E-state index contributed by atoms with van der Waals surface area (Å²) >= 11 is 0. The summed E-state index contributed by atoms with van der Waals surface area (Å²) in [5.41, 5.74) is 1.68. The van der Waals surface area contributed by atoms with E-state index in [2.05, 4.69) is 10.6 Å². The average molecular weight is 330 g/mol. The van der Waals surface area contributed by atoms with Gasteiger partial charge in [-0.25, -0.2) is 4.79 Å². The zero-order valence-corrected chi connectivity index (χ0v) is 14.1. The van der Waals surface area contributed by atoms with E-state index < -0.39 is 0 Å². The van der Waals surface area contributed by atoms with Crippen LogP contribution in [0.2, 0.25) is 0 Å². The maximum absolute atomic E-state index is 11.9. The first-order valence-electron chi connectivity index (χ1n) is 7.59. The van der Waals surface area contributed by atoms with Gasteiger partial charge in [0.1, 0.15) is 12.4 Å². The second-order valence-electron chi connectivity index (χ2n) is 5.06. The summed E-state index contributed by atoms with van der Waals surface area (Å²) in [7, 11) is 3.11. The number of aryl methyl sites for hydroxylation is 1. The summed E-state index contributed by atoms with van der Waals surface area (Å²) < 4.78 is 16.0. The lowest BCUT2D eigenvalue weighted by Crippen LogP contribution is -2.32. The minimum Gasteiger partial charge on any atom is -0.493 e. The van der Waals surface area contributed by atoms with E-state index in [-0.39, 0.29) is 6.03 Å². The van der Waals surface area contributed by atoms with Gasteiger partial charge in [-0.2, -0.15) is 0 Å². The van der Waals surface area contributed by atoms with Crippen LogP contribution in [-0.2, 0) is 0 Å². The Labute approximate surface area is 141 Å². The van der Waals surface area contributed by atoms with Crippen LogP contribution in [0.15, 0.2) is 42.5 Å². The predicted octanol–water partition coefficient (Wildman–Crippen LogP) is 3.21. The van der Waals surface area contributed by atoms with Crippen LogP contribution in [0.3, 0.4) is 0 Å². The molecule has 0 spiro atoms. The monoisotopic (exact) mass is 330 g/mol. The third kappa shape index (κ3) is 4.81. The fourth-order valence-electron chi connectivity index (χ4n) is 2.13. The van der Waals surface area contributed by atoms with E-state index in [0.717, 1.165) is 11.3 Å². The summed E-state index contributed by atoms with van der Waals surface area (Å²) in [5, 5.41) is 5.48. The molecule has 0 fully saturated rings. The molecule has 0 saturated heterocycles. The Bertz CT molecular complexity index is 688. The fourth-order valence-corrected chi connectivity index (χ4v) is 2.13. The van der Waals surface area contributed by atoms with E-state index >= 15 is 0 Å². The number of para-hydroxylation sites is 1. The van der Waals surface area contributed by atoms with Crippen LogP contribution < -0.4 is 24.8 Å². The number of benzene rings is 2. The third-order valence-corrected chi connectivity index (χ3v) is 3.38. The highest BCUT2D eigenvalue weighted by atomic mass is 16.5. The zero-order chi connectivity index (χ0) is 17.4. The first-order chi connectivity index (χ1) is 11.6. The predicted molar refractivity (Wildman–Crippen MR) is 93.2 cm³/mol. The average Bonchev–Trinajstić information content (AvgIpc) is 2.60. The van der Waals surface area contributed by atoms with Crippen LogP contribution in [0.25, 0.3) is 0 Å². The summed E-state index contributed by atoms with van der Waals surface area (Å²) in [5.74, 6) is 1.98. The van der Waals surface area contributed by atoms with Crippen molar-refractivity contribution in [1.82, 2.24) is 5.32 Å². The lowest BCUT2D eigenvalue weighted by molar-refractivity contribution is 0.247. The number of ether oxygens (including phenoxy) is 3. The van der Waals surface area contributed by atoms with Gasteiger partial charge in [0.05, 0.1) is 20.8 Å². The van der Waals surface area contributed by atoms with Crippen molar-refractivity contribution in [1.29, 1.82) is 0 Å². The Morgan fingerprint density at radius 1 is 1.00 bits per heavy atom. The Morgan fingerprint density at radius 3 is 2.46 bits per heavy atom.